The van der Waals surface area contributed by atoms with E-state index in [0.29, 0.717) is 19.3 Å². The fourth-order valence-electron chi connectivity index (χ4n) is 2.38. The van der Waals surface area contributed by atoms with E-state index in [2.05, 4.69) is 0 Å². The predicted molar refractivity (Wildman–Crippen MR) is 45.6 cm³/mol. The van der Waals surface area contributed by atoms with Crippen LogP contribution in [-0.4, -0.2) is 30.1 Å². The normalized spacial score (nSPS) is 45.6. The first-order valence-corrected chi connectivity index (χ1v) is 6.14. The quantitative estimate of drug-likeness (QED) is 0.604. The van der Waals surface area contributed by atoms with Gasteiger partial charge in [0.2, 0.25) is 0 Å². The summed E-state index contributed by atoms with van der Waals surface area (Å²) in [6, 6.07) is 0. The number of sulfone groups is 1. The van der Waals surface area contributed by atoms with Crippen LogP contribution in [0.25, 0.3) is 0 Å². The van der Waals surface area contributed by atoms with Gasteiger partial charge in [-0.05, 0) is 25.7 Å². The van der Waals surface area contributed by atoms with E-state index in [1.165, 1.54) is 0 Å². The Balaban J connectivity index is 2.34. The lowest BCUT2D eigenvalue weighted by Gasteiger charge is -2.37. The molecule has 12 heavy (non-hydrogen) atoms. The highest BCUT2D eigenvalue weighted by Gasteiger charge is 2.45. The van der Waals surface area contributed by atoms with Gasteiger partial charge in [-0.3, -0.25) is 0 Å². The first-order valence-electron chi connectivity index (χ1n) is 4.53. The Hall–Kier alpha value is -0.0900. The maximum Gasteiger partial charge on any atom is 0.158 e. The maximum atomic E-state index is 11.6. The van der Waals surface area contributed by atoms with Gasteiger partial charge in [0.25, 0.3) is 0 Å². The molecule has 2 aliphatic rings. The van der Waals surface area contributed by atoms with Crippen molar-refractivity contribution in [3.63, 3.8) is 0 Å². The van der Waals surface area contributed by atoms with Gasteiger partial charge in [-0.25, -0.2) is 8.42 Å². The maximum absolute atomic E-state index is 11.6. The molecule has 0 radical (unpaired) electrons. The molecule has 0 amide bonds. The largest absolute Gasteiger partial charge is 0.392 e. The van der Waals surface area contributed by atoms with Crippen LogP contribution in [0, 0.1) is 0 Å². The van der Waals surface area contributed by atoms with E-state index in [9.17, 15) is 13.5 Å². The number of rotatable bonds is 0. The fourth-order valence-corrected chi connectivity index (χ4v) is 4.91. The summed E-state index contributed by atoms with van der Waals surface area (Å²) in [5.74, 6) is 0. The molecule has 70 valence electrons. The molecule has 0 aromatic rings. The highest BCUT2D eigenvalue weighted by Crippen LogP contribution is 2.36. The zero-order valence-corrected chi connectivity index (χ0v) is 7.76. The summed E-state index contributed by atoms with van der Waals surface area (Å²) in [5.41, 5.74) is 0. The van der Waals surface area contributed by atoms with Crippen LogP contribution in [0.5, 0.6) is 0 Å². The lowest BCUT2D eigenvalue weighted by Crippen LogP contribution is -2.47. The molecule has 2 aliphatic heterocycles. The standard InChI is InChI=1S/C8H14O3S/c9-7-5-4-6-2-1-3-8(7)12(6,10)11/h6-9H,1-5H2/t6-,7-,8-/m0/s1. The van der Waals surface area contributed by atoms with E-state index in [1.807, 2.05) is 0 Å². The molecule has 0 aromatic carbocycles. The monoisotopic (exact) mass is 190 g/mol. The minimum absolute atomic E-state index is 0.139. The number of hydrogen-bond acceptors (Lipinski definition) is 3. The van der Waals surface area contributed by atoms with Crippen molar-refractivity contribution in [2.75, 3.05) is 0 Å². The van der Waals surface area contributed by atoms with E-state index in [-0.39, 0.29) is 5.25 Å². The van der Waals surface area contributed by atoms with E-state index in [4.69, 9.17) is 0 Å². The van der Waals surface area contributed by atoms with Crippen molar-refractivity contribution in [2.45, 2.75) is 48.7 Å². The Bertz CT molecular complexity index is 270. The minimum atomic E-state index is -2.96. The van der Waals surface area contributed by atoms with E-state index >= 15 is 0 Å². The number of aliphatic hydroxyl groups excluding tert-OH is 1. The summed E-state index contributed by atoms with van der Waals surface area (Å²) in [6.45, 7) is 0. The van der Waals surface area contributed by atoms with Gasteiger partial charge in [0, 0.05) is 0 Å². The van der Waals surface area contributed by atoms with Crippen LogP contribution in [0.4, 0.5) is 0 Å². The van der Waals surface area contributed by atoms with Crippen LogP contribution in [0.1, 0.15) is 32.1 Å². The molecule has 0 spiro atoms. The van der Waals surface area contributed by atoms with Crippen LogP contribution in [0.15, 0.2) is 0 Å². The van der Waals surface area contributed by atoms with Crippen molar-refractivity contribution >= 4 is 9.84 Å². The Kier molecular flexibility index (Phi) is 1.92. The summed E-state index contributed by atoms with van der Waals surface area (Å²) in [6.07, 6.45) is 3.19. The first kappa shape index (κ1) is 8.51. The molecule has 2 rings (SSSR count). The average molecular weight is 190 g/mol. The minimum Gasteiger partial charge on any atom is -0.392 e. The second kappa shape index (κ2) is 2.70. The molecule has 4 heteroatoms. The molecule has 3 atom stereocenters. The lowest BCUT2D eigenvalue weighted by atomic mass is 9.97. The third-order valence-corrected chi connectivity index (χ3v) is 5.91. The van der Waals surface area contributed by atoms with Crippen molar-refractivity contribution in [3.05, 3.63) is 0 Å². The summed E-state index contributed by atoms with van der Waals surface area (Å²) in [5, 5.41) is 8.90. The lowest BCUT2D eigenvalue weighted by molar-refractivity contribution is 0.134. The second-order valence-electron chi connectivity index (χ2n) is 3.83. The summed E-state index contributed by atoms with van der Waals surface area (Å²) in [4.78, 5) is 0. The molecule has 3 nitrogen and oxygen atoms in total. The molecule has 2 bridgehead atoms. The average Bonchev–Trinajstić information content (AvgIpc) is 1.95. The van der Waals surface area contributed by atoms with Crippen LogP contribution >= 0.6 is 0 Å². The van der Waals surface area contributed by atoms with Crippen molar-refractivity contribution < 1.29 is 13.5 Å². The molecule has 2 saturated heterocycles. The van der Waals surface area contributed by atoms with Gasteiger partial charge >= 0.3 is 0 Å². The van der Waals surface area contributed by atoms with Gasteiger partial charge in [0.1, 0.15) is 0 Å². The molecule has 0 saturated carbocycles. The van der Waals surface area contributed by atoms with Gasteiger partial charge in [0.05, 0.1) is 16.6 Å². The molecule has 0 aliphatic carbocycles. The van der Waals surface area contributed by atoms with Crippen LogP contribution in [0.3, 0.4) is 0 Å². The third-order valence-electron chi connectivity index (χ3n) is 3.11. The van der Waals surface area contributed by atoms with Crippen molar-refractivity contribution in [1.82, 2.24) is 0 Å². The Morgan fingerprint density at radius 3 is 2.50 bits per heavy atom. The predicted octanol–water partition coefficient (Wildman–Crippen LogP) is 0.477. The van der Waals surface area contributed by atoms with Crippen LogP contribution in [0.2, 0.25) is 0 Å². The van der Waals surface area contributed by atoms with Crippen LogP contribution < -0.4 is 0 Å². The summed E-state index contributed by atoms with van der Waals surface area (Å²) in [7, 11) is -2.96. The molecular formula is C8H14O3S. The topological polar surface area (TPSA) is 54.4 Å². The van der Waals surface area contributed by atoms with Gasteiger partial charge in [0.15, 0.2) is 9.84 Å². The van der Waals surface area contributed by atoms with Crippen molar-refractivity contribution in [3.8, 4) is 0 Å². The number of aliphatic hydroxyl groups is 1. The zero-order valence-electron chi connectivity index (χ0n) is 6.94. The fraction of sp³-hybridized carbons (Fsp3) is 1.00. The molecule has 0 aromatic heterocycles. The first-order chi connectivity index (χ1) is 5.62. The number of hydrogen-bond donors (Lipinski definition) is 1. The molecular weight excluding hydrogens is 176 g/mol. The van der Waals surface area contributed by atoms with Crippen molar-refractivity contribution in [2.24, 2.45) is 0 Å². The second-order valence-corrected chi connectivity index (χ2v) is 6.28. The van der Waals surface area contributed by atoms with E-state index in [0.717, 1.165) is 12.8 Å². The SMILES string of the molecule is O=S1(=O)[C@H]2CCC[C@H]1[C@@H](O)CC2. The summed E-state index contributed by atoms with van der Waals surface area (Å²) >= 11 is 0. The number of fused-ring (bicyclic) bond motifs is 2. The Morgan fingerprint density at radius 2 is 1.83 bits per heavy atom. The third kappa shape index (κ3) is 1.09. The van der Waals surface area contributed by atoms with Crippen molar-refractivity contribution in [1.29, 1.82) is 0 Å². The molecule has 2 heterocycles. The van der Waals surface area contributed by atoms with E-state index in [1.54, 1.807) is 0 Å². The van der Waals surface area contributed by atoms with Gasteiger partial charge < -0.3 is 5.11 Å². The molecule has 0 unspecified atom stereocenters. The Morgan fingerprint density at radius 1 is 1.08 bits per heavy atom. The Labute approximate surface area is 72.7 Å². The molecule has 1 N–H and O–H groups in total. The zero-order chi connectivity index (χ0) is 8.77. The summed E-state index contributed by atoms with van der Waals surface area (Å²) < 4.78 is 23.3. The van der Waals surface area contributed by atoms with Gasteiger partial charge in [-0.1, -0.05) is 6.42 Å². The van der Waals surface area contributed by atoms with Gasteiger partial charge in [-0.15, -0.1) is 0 Å². The smallest absolute Gasteiger partial charge is 0.158 e. The molecule has 2 fully saturated rings. The highest BCUT2D eigenvalue weighted by atomic mass is 32.2. The van der Waals surface area contributed by atoms with Crippen LogP contribution in [-0.2, 0) is 9.84 Å². The highest BCUT2D eigenvalue weighted by molar-refractivity contribution is 7.92. The van der Waals surface area contributed by atoms with Gasteiger partial charge in [-0.2, -0.15) is 0 Å². The van der Waals surface area contributed by atoms with E-state index < -0.39 is 21.2 Å².